The summed E-state index contributed by atoms with van der Waals surface area (Å²) in [5, 5.41) is 3.34. The van der Waals surface area contributed by atoms with Crippen molar-refractivity contribution < 1.29 is 9.53 Å². The predicted molar refractivity (Wildman–Crippen MR) is 92.3 cm³/mol. The van der Waals surface area contributed by atoms with Crippen LogP contribution < -0.4 is 10.1 Å². The molecule has 1 aromatic carbocycles. The molecule has 1 amide bonds. The second kappa shape index (κ2) is 7.66. The zero-order chi connectivity index (χ0) is 17.0. The summed E-state index contributed by atoms with van der Waals surface area (Å²) in [7, 11) is 0. The van der Waals surface area contributed by atoms with Crippen LogP contribution in [0.3, 0.4) is 0 Å². The minimum Gasteiger partial charge on any atom is -0.491 e. The van der Waals surface area contributed by atoms with Crippen LogP contribution >= 0.6 is 23.2 Å². The molecule has 1 atom stereocenters. The van der Waals surface area contributed by atoms with Gasteiger partial charge in [0.1, 0.15) is 16.6 Å². The van der Waals surface area contributed by atoms with Gasteiger partial charge < -0.3 is 10.1 Å². The Kier molecular flexibility index (Phi) is 5.85. The van der Waals surface area contributed by atoms with E-state index in [1.807, 2.05) is 45.0 Å². The highest BCUT2D eigenvalue weighted by molar-refractivity contribution is 6.34. The summed E-state index contributed by atoms with van der Waals surface area (Å²) in [6, 6.07) is 10.5. The Hall–Kier alpha value is -1.78. The van der Waals surface area contributed by atoms with Crippen molar-refractivity contribution in [3.63, 3.8) is 0 Å². The number of benzene rings is 1. The number of nitrogens with zero attached hydrogens (tertiary/aromatic N) is 1. The first kappa shape index (κ1) is 17.6. The maximum absolute atomic E-state index is 12.3. The molecule has 23 heavy (non-hydrogen) atoms. The van der Waals surface area contributed by atoms with Crippen LogP contribution in [0.15, 0.2) is 36.4 Å². The molecular weight excluding hydrogens is 335 g/mol. The monoisotopic (exact) mass is 352 g/mol. The van der Waals surface area contributed by atoms with E-state index in [0.29, 0.717) is 0 Å². The molecule has 0 radical (unpaired) electrons. The standard InChI is InChI=1S/C17H18Cl2N2O2/c1-10(2)23-13-6-4-5-12(9-13)11(3)20-17(22)16-14(18)7-8-15(19)21-16/h4-11H,1-3H3,(H,20,22). The lowest BCUT2D eigenvalue weighted by Gasteiger charge is -2.16. The molecule has 0 saturated carbocycles. The van der Waals surface area contributed by atoms with Gasteiger partial charge in [0.15, 0.2) is 0 Å². The molecule has 0 aliphatic rings. The first-order valence-electron chi connectivity index (χ1n) is 7.26. The number of hydrogen-bond acceptors (Lipinski definition) is 3. The van der Waals surface area contributed by atoms with Gasteiger partial charge in [0.2, 0.25) is 0 Å². The third-order valence-electron chi connectivity index (χ3n) is 3.10. The first-order valence-corrected chi connectivity index (χ1v) is 8.02. The summed E-state index contributed by atoms with van der Waals surface area (Å²) in [6.45, 7) is 5.81. The molecule has 2 aromatic rings. The summed E-state index contributed by atoms with van der Waals surface area (Å²) in [5.41, 5.74) is 1.04. The molecule has 1 unspecified atom stereocenters. The van der Waals surface area contributed by atoms with Crippen molar-refractivity contribution in [2.75, 3.05) is 0 Å². The van der Waals surface area contributed by atoms with Gasteiger partial charge >= 0.3 is 0 Å². The number of halogens is 2. The summed E-state index contributed by atoms with van der Waals surface area (Å²) in [4.78, 5) is 16.3. The van der Waals surface area contributed by atoms with E-state index in [9.17, 15) is 4.79 Å². The van der Waals surface area contributed by atoms with Crippen molar-refractivity contribution in [2.24, 2.45) is 0 Å². The fourth-order valence-corrected chi connectivity index (χ4v) is 2.39. The quantitative estimate of drug-likeness (QED) is 0.795. The van der Waals surface area contributed by atoms with Crippen LogP contribution in [0.2, 0.25) is 10.2 Å². The van der Waals surface area contributed by atoms with Crippen LogP contribution in [0.5, 0.6) is 5.75 Å². The fourth-order valence-electron chi connectivity index (χ4n) is 2.06. The minimum absolute atomic E-state index is 0.0876. The Bertz CT molecular complexity index is 705. The van der Waals surface area contributed by atoms with Crippen LogP contribution in [-0.4, -0.2) is 17.0 Å². The third kappa shape index (κ3) is 4.85. The van der Waals surface area contributed by atoms with Gasteiger partial charge in [-0.1, -0.05) is 35.3 Å². The molecule has 0 bridgehead atoms. The van der Waals surface area contributed by atoms with Gasteiger partial charge in [-0.25, -0.2) is 4.98 Å². The molecule has 0 fully saturated rings. The van der Waals surface area contributed by atoms with Crippen molar-refractivity contribution in [1.29, 1.82) is 0 Å². The largest absolute Gasteiger partial charge is 0.491 e. The lowest BCUT2D eigenvalue weighted by Crippen LogP contribution is -2.27. The maximum Gasteiger partial charge on any atom is 0.271 e. The number of pyridine rings is 1. The molecule has 1 aromatic heterocycles. The van der Waals surface area contributed by atoms with Crippen LogP contribution in [0.4, 0.5) is 0 Å². The number of amides is 1. The summed E-state index contributed by atoms with van der Waals surface area (Å²) in [6.07, 6.45) is 0.0876. The van der Waals surface area contributed by atoms with E-state index in [0.717, 1.165) is 11.3 Å². The Morgan fingerprint density at radius 1 is 1.17 bits per heavy atom. The Labute approximate surface area is 145 Å². The number of carbonyl (C=O) groups excluding carboxylic acids is 1. The fraction of sp³-hybridized carbons (Fsp3) is 0.294. The molecular formula is C17H18Cl2N2O2. The van der Waals surface area contributed by atoms with E-state index in [1.54, 1.807) is 6.07 Å². The molecule has 0 aliphatic carbocycles. The Balaban J connectivity index is 2.13. The predicted octanol–water partition coefficient (Wildman–Crippen LogP) is 4.67. The van der Waals surface area contributed by atoms with Gasteiger partial charge in [-0.15, -0.1) is 0 Å². The normalized spacial score (nSPS) is 12.1. The van der Waals surface area contributed by atoms with Crippen molar-refractivity contribution in [2.45, 2.75) is 32.9 Å². The van der Waals surface area contributed by atoms with Gasteiger partial charge in [-0.2, -0.15) is 0 Å². The van der Waals surface area contributed by atoms with Crippen molar-refractivity contribution in [3.8, 4) is 5.75 Å². The van der Waals surface area contributed by atoms with Gasteiger partial charge in [0.05, 0.1) is 17.2 Å². The van der Waals surface area contributed by atoms with Crippen LogP contribution in [0, 0.1) is 0 Å². The molecule has 0 aliphatic heterocycles. The topological polar surface area (TPSA) is 51.2 Å². The van der Waals surface area contributed by atoms with E-state index in [4.69, 9.17) is 27.9 Å². The highest BCUT2D eigenvalue weighted by Gasteiger charge is 2.16. The highest BCUT2D eigenvalue weighted by atomic mass is 35.5. The van der Waals surface area contributed by atoms with Crippen LogP contribution in [0.1, 0.15) is 42.9 Å². The lowest BCUT2D eigenvalue weighted by molar-refractivity contribution is 0.0935. The van der Waals surface area contributed by atoms with Gasteiger partial charge in [-0.05, 0) is 50.6 Å². The van der Waals surface area contributed by atoms with Gasteiger partial charge in [0.25, 0.3) is 5.91 Å². The average Bonchev–Trinajstić information content (AvgIpc) is 2.49. The second-order valence-electron chi connectivity index (χ2n) is 5.40. The molecule has 0 spiro atoms. The molecule has 4 nitrogen and oxygen atoms in total. The van der Waals surface area contributed by atoms with E-state index in [2.05, 4.69) is 10.3 Å². The van der Waals surface area contributed by atoms with E-state index in [1.165, 1.54) is 6.07 Å². The average molecular weight is 353 g/mol. The second-order valence-corrected chi connectivity index (χ2v) is 6.19. The molecule has 1 heterocycles. The zero-order valence-corrected chi connectivity index (χ0v) is 14.7. The SMILES string of the molecule is CC(C)Oc1cccc(C(C)NC(=O)c2nc(Cl)ccc2Cl)c1. The van der Waals surface area contributed by atoms with Gasteiger partial charge in [0, 0.05) is 0 Å². The van der Waals surface area contributed by atoms with E-state index in [-0.39, 0.29) is 33.9 Å². The molecule has 6 heteroatoms. The first-order chi connectivity index (χ1) is 10.9. The number of carbonyl (C=O) groups is 1. The molecule has 1 N–H and O–H groups in total. The van der Waals surface area contributed by atoms with E-state index >= 15 is 0 Å². The van der Waals surface area contributed by atoms with E-state index < -0.39 is 0 Å². The highest BCUT2D eigenvalue weighted by Crippen LogP contribution is 2.22. The zero-order valence-electron chi connectivity index (χ0n) is 13.1. The van der Waals surface area contributed by atoms with Crippen molar-refractivity contribution in [3.05, 3.63) is 57.8 Å². The smallest absolute Gasteiger partial charge is 0.271 e. The molecule has 2 rings (SSSR count). The third-order valence-corrected chi connectivity index (χ3v) is 3.62. The van der Waals surface area contributed by atoms with Crippen LogP contribution in [-0.2, 0) is 0 Å². The van der Waals surface area contributed by atoms with Crippen molar-refractivity contribution >= 4 is 29.1 Å². The molecule has 122 valence electrons. The minimum atomic E-state index is -0.375. The number of ether oxygens (including phenoxy) is 1. The van der Waals surface area contributed by atoms with Crippen LogP contribution in [0.25, 0.3) is 0 Å². The van der Waals surface area contributed by atoms with Gasteiger partial charge in [-0.3, -0.25) is 4.79 Å². The molecule has 0 saturated heterocycles. The number of hydrogen-bond donors (Lipinski definition) is 1. The number of nitrogens with one attached hydrogen (secondary N) is 1. The van der Waals surface area contributed by atoms with Crippen molar-refractivity contribution in [1.82, 2.24) is 10.3 Å². The Morgan fingerprint density at radius 3 is 2.61 bits per heavy atom. The summed E-state index contributed by atoms with van der Waals surface area (Å²) < 4.78 is 5.67. The Morgan fingerprint density at radius 2 is 1.91 bits per heavy atom. The number of rotatable bonds is 5. The maximum atomic E-state index is 12.3. The summed E-state index contributed by atoms with van der Waals surface area (Å²) in [5.74, 6) is 0.387. The summed E-state index contributed by atoms with van der Waals surface area (Å²) >= 11 is 11.8. The lowest BCUT2D eigenvalue weighted by atomic mass is 10.1. The number of aromatic nitrogens is 1.